The topological polar surface area (TPSA) is 80.1 Å². The van der Waals surface area contributed by atoms with Crippen LogP contribution in [0.4, 0.5) is 11.9 Å². The van der Waals surface area contributed by atoms with Gasteiger partial charge in [-0.05, 0) is 24.1 Å². The van der Waals surface area contributed by atoms with Crippen molar-refractivity contribution in [2.24, 2.45) is 0 Å². The van der Waals surface area contributed by atoms with Gasteiger partial charge < -0.3 is 5.32 Å². The number of fused-ring (bicyclic) bond motifs is 1. The fraction of sp³-hybridized carbons (Fsp3) is 0.182. The normalized spacial score (nSPS) is 18.4. The number of hydrogen-bond donors (Lipinski definition) is 1. The average molecular weight is 385 g/mol. The maximum Gasteiger partial charge on any atom is 0.260 e. The zero-order valence-electron chi connectivity index (χ0n) is 15.9. The van der Waals surface area contributed by atoms with E-state index >= 15 is 0 Å². The van der Waals surface area contributed by atoms with E-state index in [9.17, 15) is 9.59 Å². The number of nitrogens with zero attached hydrogens (tertiary/aromatic N) is 4. The predicted octanol–water partition coefficient (Wildman–Crippen LogP) is 3.30. The summed E-state index contributed by atoms with van der Waals surface area (Å²) in [4.78, 5) is 29.9. The summed E-state index contributed by atoms with van der Waals surface area (Å²) < 4.78 is 1.72. The summed E-state index contributed by atoms with van der Waals surface area (Å²) in [5.41, 5.74) is 4.15. The number of nitrogens with one attached hydrogen (secondary N) is 1. The van der Waals surface area contributed by atoms with E-state index in [0.29, 0.717) is 5.95 Å². The molecule has 1 saturated heterocycles. The Balaban J connectivity index is 1.61. The average Bonchev–Trinajstić information content (AvgIpc) is 3.30. The van der Waals surface area contributed by atoms with Crippen molar-refractivity contribution in [1.29, 1.82) is 0 Å². The molecule has 2 aromatic carbocycles. The summed E-state index contributed by atoms with van der Waals surface area (Å²) >= 11 is 0. The van der Waals surface area contributed by atoms with E-state index in [4.69, 9.17) is 0 Å². The van der Waals surface area contributed by atoms with Crippen molar-refractivity contribution in [3.05, 3.63) is 77.4 Å². The minimum atomic E-state index is -0.263. The Kier molecular flexibility index (Phi) is 4.01. The van der Waals surface area contributed by atoms with Crippen molar-refractivity contribution in [2.45, 2.75) is 25.8 Å². The molecule has 0 aliphatic carbocycles. The molecule has 0 bridgehead atoms. The van der Waals surface area contributed by atoms with E-state index in [2.05, 4.69) is 45.7 Å². The van der Waals surface area contributed by atoms with Crippen molar-refractivity contribution < 1.29 is 9.59 Å². The Labute approximate surface area is 167 Å². The van der Waals surface area contributed by atoms with Gasteiger partial charge in [-0.2, -0.15) is 4.98 Å². The smallest absolute Gasteiger partial charge is 0.260 e. The summed E-state index contributed by atoms with van der Waals surface area (Å²) in [6.07, 6.45) is 2.48. The summed E-state index contributed by atoms with van der Waals surface area (Å²) in [5, 5.41) is 7.82. The van der Waals surface area contributed by atoms with Crippen molar-refractivity contribution in [3.63, 3.8) is 0 Å². The van der Waals surface area contributed by atoms with E-state index in [1.807, 2.05) is 37.3 Å². The molecule has 3 aromatic rings. The van der Waals surface area contributed by atoms with E-state index in [1.165, 1.54) is 5.56 Å². The zero-order chi connectivity index (χ0) is 20.0. The Morgan fingerprint density at radius 2 is 1.66 bits per heavy atom. The lowest BCUT2D eigenvalue weighted by atomic mass is 10.0. The number of carbonyl (C=O) groups excluding carboxylic acids is 2. The molecule has 0 saturated carbocycles. The second-order valence-electron chi connectivity index (χ2n) is 7.23. The lowest BCUT2D eigenvalue weighted by molar-refractivity contribution is -0.121. The summed E-state index contributed by atoms with van der Waals surface area (Å²) in [6.45, 7) is 2.05. The predicted molar refractivity (Wildman–Crippen MR) is 109 cm³/mol. The number of hydrogen-bond acceptors (Lipinski definition) is 5. The van der Waals surface area contributed by atoms with E-state index in [-0.39, 0.29) is 36.6 Å². The number of amides is 2. The highest BCUT2D eigenvalue weighted by Gasteiger charge is 2.35. The van der Waals surface area contributed by atoms with Gasteiger partial charge in [0, 0.05) is 18.5 Å². The highest BCUT2D eigenvalue weighted by Crippen LogP contribution is 2.34. The summed E-state index contributed by atoms with van der Waals surface area (Å²) in [5.74, 6) is 0.0979. The molecule has 1 N–H and O–H groups in total. The third kappa shape index (κ3) is 3.00. The van der Waals surface area contributed by atoms with E-state index in [1.54, 1.807) is 4.68 Å². The molecule has 2 amide bonds. The van der Waals surface area contributed by atoms with Gasteiger partial charge in [0.1, 0.15) is 6.04 Å². The Morgan fingerprint density at radius 1 is 0.966 bits per heavy atom. The SMILES string of the molecule is Cc1ccc(C2=CC(c3ccccc3)n3nc(N4C(=O)CCC4=O)nc3N2)cc1. The van der Waals surface area contributed by atoms with Gasteiger partial charge >= 0.3 is 0 Å². The van der Waals surface area contributed by atoms with Gasteiger partial charge in [-0.1, -0.05) is 60.2 Å². The Morgan fingerprint density at radius 3 is 2.34 bits per heavy atom. The largest absolute Gasteiger partial charge is 0.324 e. The van der Waals surface area contributed by atoms with Gasteiger partial charge in [0.05, 0.1) is 0 Å². The number of imide groups is 1. The molecule has 7 nitrogen and oxygen atoms in total. The van der Waals surface area contributed by atoms with E-state index in [0.717, 1.165) is 21.7 Å². The third-order valence-corrected chi connectivity index (χ3v) is 5.21. The minimum Gasteiger partial charge on any atom is -0.324 e. The fourth-order valence-corrected chi connectivity index (χ4v) is 3.67. The van der Waals surface area contributed by atoms with Crippen LogP contribution in [0.5, 0.6) is 0 Å². The van der Waals surface area contributed by atoms with Crippen LogP contribution in [0.2, 0.25) is 0 Å². The highest BCUT2D eigenvalue weighted by atomic mass is 16.2. The molecular formula is C22H19N5O2. The van der Waals surface area contributed by atoms with Gasteiger partial charge in [0.15, 0.2) is 0 Å². The van der Waals surface area contributed by atoms with Crippen LogP contribution >= 0.6 is 0 Å². The fourth-order valence-electron chi connectivity index (χ4n) is 3.67. The molecule has 1 aromatic heterocycles. The van der Waals surface area contributed by atoms with Crippen LogP contribution in [-0.4, -0.2) is 26.6 Å². The van der Waals surface area contributed by atoms with Crippen LogP contribution in [0.3, 0.4) is 0 Å². The van der Waals surface area contributed by atoms with Gasteiger partial charge in [0.2, 0.25) is 17.8 Å². The Hall–Kier alpha value is -3.74. The minimum absolute atomic E-state index is 0.125. The molecule has 1 unspecified atom stereocenters. The molecular weight excluding hydrogens is 366 g/mol. The van der Waals surface area contributed by atoms with Crippen LogP contribution in [0, 0.1) is 6.92 Å². The van der Waals surface area contributed by atoms with Crippen LogP contribution in [0.15, 0.2) is 60.7 Å². The quantitative estimate of drug-likeness (QED) is 0.700. The molecule has 144 valence electrons. The lowest BCUT2D eigenvalue weighted by Crippen LogP contribution is -2.29. The number of benzene rings is 2. The first-order valence-corrected chi connectivity index (χ1v) is 9.53. The molecule has 7 heteroatoms. The second-order valence-corrected chi connectivity index (χ2v) is 7.23. The number of allylic oxidation sites excluding steroid dienone is 1. The molecule has 1 atom stereocenters. The zero-order valence-corrected chi connectivity index (χ0v) is 15.9. The molecule has 3 heterocycles. The van der Waals surface area contributed by atoms with Gasteiger partial charge in [0.25, 0.3) is 5.95 Å². The third-order valence-electron chi connectivity index (χ3n) is 5.21. The monoisotopic (exact) mass is 385 g/mol. The van der Waals surface area contributed by atoms with Crippen LogP contribution in [0.25, 0.3) is 5.70 Å². The number of carbonyl (C=O) groups is 2. The van der Waals surface area contributed by atoms with E-state index < -0.39 is 0 Å². The molecule has 0 radical (unpaired) electrons. The first-order chi connectivity index (χ1) is 14.1. The van der Waals surface area contributed by atoms with Crippen LogP contribution in [0.1, 0.15) is 35.6 Å². The number of anilines is 2. The number of rotatable bonds is 3. The highest BCUT2D eigenvalue weighted by molar-refractivity contribution is 6.18. The lowest BCUT2D eigenvalue weighted by Gasteiger charge is -2.24. The standard InChI is InChI=1S/C22H19N5O2/c1-14-7-9-15(10-8-14)17-13-18(16-5-3-2-4-6-16)27-21(23-17)24-22(25-27)26-19(28)11-12-20(26)29/h2-10,13,18H,11-12H2,1H3,(H,23,24,25). The first-order valence-electron chi connectivity index (χ1n) is 9.53. The molecule has 29 heavy (non-hydrogen) atoms. The van der Waals surface area contributed by atoms with Crippen LogP contribution < -0.4 is 10.2 Å². The van der Waals surface area contributed by atoms with Gasteiger partial charge in [-0.15, -0.1) is 5.10 Å². The van der Waals surface area contributed by atoms with Crippen molar-refractivity contribution in [2.75, 3.05) is 10.2 Å². The molecule has 2 aliphatic heterocycles. The summed E-state index contributed by atoms with van der Waals surface area (Å²) in [6, 6.07) is 18.0. The summed E-state index contributed by atoms with van der Waals surface area (Å²) in [7, 11) is 0. The molecule has 5 rings (SSSR count). The van der Waals surface area contributed by atoms with Gasteiger partial charge in [-0.3, -0.25) is 9.59 Å². The number of aromatic nitrogens is 3. The Bertz CT molecular complexity index is 1120. The second kappa shape index (κ2) is 6.70. The van der Waals surface area contributed by atoms with Crippen molar-refractivity contribution in [1.82, 2.24) is 14.8 Å². The molecule has 0 spiro atoms. The first kappa shape index (κ1) is 17.4. The van der Waals surface area contributed by atoms with Gasteiger partial charge in [-0.25, -0.2) is 9.58 Å². The maximum atomic E-state index is 12.1. The molecule has 1 fully saturated rings. The van der Waals surface area contributed by atoms with Crippen LogP contribution in [-0.2, 0) is 9.59 Å². The number of aryl methyl sites for hydroxylation is 1. The van der Waals surface area contributed by atoms with Crippen molar-refractivity contribution >= 4 is 29.4 Å². The van der Waals surface area contributed by atoms with Crippen molar-refractivity contribution in [3.8, 4) is 0 Å². The molecule has 2 aliphatic rings. The maximum absolute atomic E-state index is 12.1.